The number of amides is 1. The zero-order valence-electron chi connectivity index (χ0n) is 39.4. The number of esters is 1. The van der Waals surface area contributed by atoms with Crippen molar-refractivity contribution in [2.24, 2.45) is 0 Å². The van der Waals surface area contributed by atoms with Crippen LogP contribution in [0.1, 0.15) is 265 Å². The molecule has 6 nitrogen and oxygen atoms in total. The lowest BCUT2D eigenvalue weighted by Crippen LogP contribution is -2.46. The SMILES string of the molecule is CC/C=C/C/C=C/C/C=C/CCCCC(CC(=O)NC(CO)C(O)CCCCCCCCCCCCCCCCCCC)OC(=O)CCCCCCCCCCCCC. The summed E-state index contributed by atoms with van der Waals surface area (Å²) in [5.41, 5.74) is 0. The number of aliphatic hydroxyl groups excluding tert-OH is 2. The molecule has 3 N–H and O–H groups in total. The van der Waals surface area contributed by atoms with E-state index in [1.807, 2.05) is 0 Å². The number of hydrogen-bond acceptors (Lipinski definition) is 5. The van der Waals surface area contributed by atoms with Crippen molar-refractivity contribution < 1.29 is 24.5 Å². The van der Waals surface area contributed by atoms with E-state index in [0.29, 0.717) is 19.3 Å². The molecule has 0 rings (SSSR count). The summed E-state index contributed by atoms with van der Waals surface area (Å²) in [5, 5.41) is 23.8. The van der Waals surface area contributed by atoms with Gasteiger partial charge in [-0.1, -0.05) is 231 Å². The molecule has 0 aliphatic heterocycles. The molecule has 0 fully saturated rings. The fourth-order valence-electron chi connectivity index (χ4n) is 7.86. The van der Waals surface area contributed by atoms with Crippen LogP contribution in [0, 0.1) is 0 Å². The van der Waals surface area contributed by atoms with E-state index < -0.39 is 18.2 Å². The molecule has 0 saturated carbocycles. The third-order valence-corrected chi connectivity index (χ3v) is 11.7. The molecule has 346 valence electrons. The van der Waals surface area contributed by atoms with Crippen molar-refractivity contribution >= 4 is 11.9 Å². The Morgan fingerprint density at radius 1 is 0.508 bits per heavy atom. The standard InChI is InChI=1S/C53H99NO5/c1-4-7-10-13-16-19-22-24-25-26-27-28-31-33-36-39-42-45-51(56)50(48-55)54-52(57)47-49(44-41-38-35-32-30-23-20-17-14-11-8-5-2)59-53(58)46-43-40-37-34-29-21-18-15-12-9-6-3/h8,11,17,20,30,32,49-51,55-56H,4-7,9-10,12-16,18-19,21-29,31,33-48H2,1-3H3,(H,54,57)/b11-8+,20-17+,32-30+. The van der Waals surface area contributed by atoms with Crippen LogP contribution in [-0.4, -0.2) is 46.9 Å². The number of unbranched alkanes of at least 4 members (excludes halogenated alkanes) is 28. The monoisotopic (exact) mass is 830 g/mol. The molecule has 0 heterocycles. The van der Waals surface area contributed by atoms with Crippen LogP contribution in [0.5, 0.6) is 0 Å². The Morgan fingerprint density at radius 3 is 1.37 bits per heavy atom. The minimum absolute atomic E-state index is 0.0550. The topological polar surface area (TPSA) is 95.9 Å². The second kappa shape index (κ2) is 47.1. The molecule has 59 heavy (non-hydrogen) atoms. The Bertz CT molecular complexity index is 977. The summed E-state index contributed by atoms with van der Waals surface area (Å²) >= 11 is 0. The van der Waals surface area contributed by atoms with E-state index in [1.165, 1.54) is 141 Å². The Morgan fingerprint density at radius 2 is 0.915 bits per heavy atom. The molecule has 0 bridgehead atoms. The molecule has 3 unspecified atom stereocenters. The second-order valence-electron chi connectivity index (χ2n) is 17.5. The van der Waals surface area contributed by atoms with Gasteiger partial charge in [-0.15, -0.1) is 0 Å². The van der Waals surface area contributed by atoms with Crippen LogP contribution in [0.15, 0.2) is 36.5 Å². The molecule has 0 aliphatic rings. The zero-order chi connectivity index (χ0) is 43.1. The maximum atomic E-state index is 13.2. The van der Waals surface area contributed by atoms with Gasteiger partial charge in [0.25, 0.3) is 0 Å². The van der Waals surface area contributed by atoms with Crippen LogP contribution in [0.25, 0.3) is 0 Å². The number of allylic oxidation sites excluding steroid dienone is 6. The van der Waals surface area contributed by atoms with Gasteiger partial charge >= 0.3 is 5.97 Å². The molecule has 0 aromatic carbocycles. The summed E-state index contributed by atoms with van der Waals surface area (Å²) in [6.45, 7) is 6.36. The highest BCUT2D eigenvalue weighted by molar-refractivity contribution is 5.77. The van der Waals surface area contributed by atoms with Gasteiger partial charge in [0.05, 0.1) is 25.2 Å². The van der Waals surface area contributed by atoms with Gasteiger partial charge in [-0.25, -0.2) is 0 Å². The number of carbonyl (C=O) groups is 2. The lowest BCUT2D eigenvalue weighted by molar-refractivity contribution is -0.151. The molecule has 3 atom stereocenters. The first kappa shape index (κ1) is 57.1. The summed E-state index contributed by atoms with van der Waals surface area (Å²) in [6, 6.07) is -0.710. The smallest absolute Gasteiger partial charge is 0.306 e. The van der Waals surface area contributed by atoms with Crippen LogP contribution in [0.4, 0.5) is 0 Å². The highest BCUT2D eigenvalue weighted by Crippen LogP contribution is 2.18. The quantitative estimate of drug-likeness (QED) is 0.0323. The average molecular weight is 830 g/mol. The number of nitrogens with one attached hydrogen (secondary N) is 1. The van der Waals surface area contributed by atoms with Crippen molar-refractivity contribution in [3.05, 3.63) is 36.5 Å². The first-order chi connectivity index (χ1) is 29.0. The van der Waals surface area contributed by atoms with Crippen LogP contribution < -0.4 is 5.32 Å². The van der Waals surface area contributed by atoms with Gasteiger partial charge in [0, 0.05) is 6.42 Å². The summed E-state index contributed by atoms with van der Waals surface area (Å²) in [7, 11) is 0. The Balaban J connectivity index is 4.50. The Hall–Kier alpha value is -1.92. The minimum atomic E-state index is -0.795. The number of ether oxygens (including phenoxy) is 1. The van der Waals surface area contributed by atoms with Gasteiger partial charge in [-0.05, 0) is 57.8 Å². The van der Waals surface area contributed by atoms with Crippen molar-refractivity contribution in [3.63, 3.8) is 0 Å². The normalized spacial score (nSPS) is 13.5. The van der Waals surface area contributed by atoms with E-state index in [4.69, 9.17) is 4.74 Å². The molecular formula is C53H99NO5. The van der Waals surface area contributed by atoms with E-state index >= 15 is 0 Å². The van der Waals surface area contributed by atoms with Crippen molar-refractivity contribution in [2.45, 2.75) is 283 Å². The van der Waals surface area contributed by atoms with Gasteiger partial charge < -0.3 is 20.3 Å². The molecular weight excluding hydrogens is 731 g/mol. The molecule has 0 radical (unpaired) electrons. The van der Waals surface area contributed by atoms with Crippen molar-refractivity contribution in [1.29, 1.82) is 0 Å². The summed E-state index contributed by atoms with van der Waals surface area (Å²) in [6.07, 6.45) is 55.0. The van der Waals surface area contributed by atoms with Crippen LogP contribution in [0.3, 0.4) is 0 Å². The molecule has 0 aliphatic carbocycles. The van der Waals surface area contributed by atoms with Gasteiger partial charge in [-0.3, -0.25) is 9.59 Å². The van der Waals surface area contributed by atoms with Crippen molar-refractivity contribution in [3.8, 4) is 0 Å². The third-order valence-electron chi connectivity index (χ3n) is 11.7. The highest BCUT2D eigenvalue weighted by atomic mass is 16.5. The van der Waals surface area contributed by atoms with E-state index in [1.54, 1.807) is 0 Å². The van der Waals surface area contributed by atoms with E-state index in [0.717, 1.165) is 77.0 Å². The van der Waals surface area contributed by atoms with E-state index in [-0.39, 0.29) is 24.9 Å². The van der Waals surface area contributed by atoms with Gasteiger partial charge in [-0.2, -0.15) is 0 Å². The average Bonchev–Trinajstić information content (AvgIpc) is 3.23. The number of hydrogen-bond donors (Lipinski definition) is 3. The fraction of sp³-hybridized carbons (Fsp3) is 0.849. The lowest BCUT2D eigenvalue weighted by Gasteiger charge is -2.24. The number of rotatable bonds is 46. The summed E-state index contributed by atoms with van der Waals surface area (Å²) < 4.78 is 5.90. The van der Waals surface area contributed by atoms with E-state index in [2.05, 4.69) is 62.5 Å². The highest BCUT2D eigenvalue weighted by Gasteiger charge is 2.24. The first-order valence-electron chi connectivity index (χ1n) is 25.7. The molecule has 0 spiro atoms. The van der Waals surface area contributed by atoms with Crippen LogP contribution >= 0.6 is 0 Å². The Kier molecular flexibility index (Phi) is 45.6. The Labute approximate surface area is 366 Å². The molecule has 6 heteroatoms. The maximum absolute atomic E-state index is 13.2. The molecule has 1 amide bonds. The molecule has 0 saturated heterocycles. The molecule has 0 aromatic rings. The summed E-state index contributed by atoms with van der Waals surface area (Å²) in [4.78, 5) is 26.1. The van der Waals surface area contributed by atoms with Crippen LogP contribution in [0.2, 0.25) is 0 Å². The van der Waals surface area contributed by atoms with Crippen LogP contribution in [-0.2, 0) is 14.3 Å². The third kappa shape index (κ3) is 42.6. The lowest BCUT2D eigenvalue weighted by atomic mass is 10.0. The maximum Gasteiger partial charge on any atom is 0.306 e. The predicted octanol–water partition coefficient (Wildman–Crippen LogP) is 15.3. The fourth-order valence-corrected chi connectivity index (χ4v) is 7.86. The second-order valence-corrected chi connectivity index (χ2v) is 17.5. The van der Waals surface area contributed by atoms with E-state index in [9.17, 15) is 19.8 Å². The van der Waals surface area contributed by atoms with Gasteiger partial charge in [0.1, 0.15) is 6.10 Å². The summed E-state index contributed by atoms with van der Waals surface area (Å²) in [5.74, 6) is -0.504. The zero-order valence-corrected chi connectivity index (χ0v) is 39.4. The largest absolute Gasteiger partial charge is 0.462 e. The van der Waals surface area contributed by atoms with Gasteiger partial charge in [0.2, 0.25) is 5.91 Å². The number of carbonyl (C=O) groups excluding carboxylic acids is 2. The first-order valence-corrected chi connectivity index (χ1v) is 25.7. The predicted molar refractivity (Wildman–Crippen MR) is 255 cm³/mol. The van der Waals surface area contributed by atoms with Crippen molar-refractivity contribution in [1.82, 2.24) is 5.32 Å². The molecule has 0 aromatic heterocycles. The number of aliphatic hydroxyl groups is 2. The van der Waals surface area contributed by atoms with Gasteiger partial charge in [0.15, 0.2) is 0 Å². The minimum Gasteiger partial charge on any atom is -0.462 e. The van der Waals surface area contributed by atoms with Crippen molar-refractivity contribution in [2.75, 3.05) is 6.61 Å².